The van der Waals surface area contributed by atoms with Crippen molar-refractivity contribution in [3.05, 3.63) is 81.1 Å². The first-order valence-electron chi connectivity index (χ1n) is 11.3. The molecule has 0 bridgehead atoms. The van der Waals surface area contributed by atoms with E-state index in [1.165, 1.54) is 45.5 Å². The summed E-state index contributed by atoms with van der Waals surface area (Å²) in [5.41, 5.74) is 0.814. The fourth-order valence-corrected chi connectivity index (χ4v) is 4.97. The molecule has 0 spiro atoms. The van der Waals surface area contributed by atoms with Crippen LogP contribution >= 0.6 is 23.2 Å². The monoisotopic (exact) mass is 558 g/mol. The van der Waals surface area contributed by atoms with E-state index in [0.29, 0.717) is 28.5 Å². The molecule has 3 aromatic rings. The molecule has 0 saturated carbocycles. The Bertz CT molecular complexity index is 1400. The largest absolute Gasteiger partial charge is 0.507 e. The number of aliphatic hydroxyl groups excluding tert-OH is 1. The first-order chi connectivity index (χ1) is 18.2. The van der Waals surface area contributed by atoms with Crippen molar-refractivity contribution in [3.63, 3.8) is 0 Å². The van der Waals surface area contributed by atoms with Gasteiger partial charge in [0.1, 0.15) is 11.5 Å². The van der Waals surface area contributed by atoms with E-state index < -0.39 is 23.5 Å². The number of hydrogen-bond donors (Lipinski definition) is 1. The van der Waals surface area contributed by atoms with Crippen LogP contribution in [-0.4, -0.2) is 55.1 Å². The number of ether oxygens (including phenoxy) is 4. The predicted molar refractivity (Wildman–Crippen MR) is 141 cm³/mol. The summed E-state index contributed by atoms with van der Waals surface area (Å²) in [6.45, 7) is -0.0169. The van der Waals surface area contributed by atoms with Crippen LogP contribution in [0.3, 0.4) is 0 Å². The maximum absolute atomic E-state index is 13.5. The molecule has 2 aromatic carbocycles. The lowest BCUT2D eigenvalue weighted by molar-refractivity contribution is -0.140. The van der Waals surface area contributed by atoms with E-state index in [2.05, 4.69) is 4.98 Å². The highest BCUT2D eigenvalue weighted by Crippen LogP contribution is 2.47. The summed E-state index contributed by atoms with van der Waals surface area (Å²) in [4.78, 5) is 32.5. The van der Waals surface area contributed by atoms with Gasteiger partial charge in [0.15, 0.2) is 11.5 Å². The highest BCUT2D eigenvalue weighted by atomic mass is 35.5. The summed E-state index contributed by atoms with van der Waals surface area (Å²) in [5.74, 6) is -1.23. The Morgan fingerprint density at radius 2 is 1.61 bits per heavy atom. The Morgan fingerprint density at radius 3 is 2.16 bits per heavy atom. The van der Waals surface area contributed by atoms with Gasteiger partial charge in [0.05, 0.1) is 62.9 Å². The maximum atomic E-state index is 13.5. The average molecular weight is 559 g/mol. The smallest absolute Gasteiger partial charge is 0.296 e. The Morgan fingerprint density at radius 1 is 0.947 bits per heavy atom. The van der Waals surface area contributed by atoms with Gasteiger partial charge in [-0.3, -0.25) is 14.6 Å². The van der Waals surface area contributed by atoms with Gasteiger partial charge >= 0.3 is 0 Å². The number of amides is 1. The molecule has 38 heavy (non-hydrogen) atoms. The Labute approximate surface area is 229 Å². The van der Waals surface area contributed by atoms with Gasteiger partial charge in [-0.05, 0) is 42.0 Å². The standard InChI is InChI=1S/C27H24Cl2N2O7/c1-35-19-9-14(10-20(36-2)26(19)38-4)22-21(23(32)17-11-15(28)12-18(29)25(17)37-3)24(33)27(34)31(22)13-16-7-5-6-8-30-16/h5-12,22,32H,13H2,1-4H3/b23-21+. The van der Waals surface area contributed by atoms with E-state index in [4.69, 9.17) is 42.1 Å². The lowest BCUT2D eigenvalue weighted by atomic mass is 9.94. The van der Waals surface area contributed by atoms with E-state index in [0.717, 1.165) is 0 Å². The number of aromatic nitrogens is 1. The molecule has 1 saturated heterocycles. The SMILES string of the molecule is COc1cc(C2/C(=C(\O)c3cc(Cl)cc(Cl)c3OC)C(=O)C(=O)N2Cc2ccccn2)cc(OC)c1OC. The number of aliphatic hydroxyl groups is 1. The molecule has 198 valence electrons. The molecular weight excluding hydrogens is 535 g/mol. The van der Waals surface area contributed by atoms with Gasteiger partial charge in [-0.25, -0.2) is 0 Å². The van der Waals surface area contributed by atoms with Crippen molar-refractivity contribution in [2.45, 2.75) is 12.6 Å². The molecule has 9 nitrogen and oxygen atoms in total. The number of methoxy groups -OCH3 is 4. The number of Topliss-reactive ketones (excluding diaryl/α,β-unsaturated/α-hetero) is 1. The zero-order valence-electron chi connectivity index (χ0n) is 21.0. The van der Waals surface area contributed by atoms with Gasteiger partial charge in [-0.1, -0.05) is 29.3 Å². The third-order valence-corrected chi connectivity index (χ3v) is 6.57. The molecule has 4 rings (SSSR count). The van der Waals surface area contributed by atoms with Crippen LogP contribution in [0, 0.1) is 0 Å². The minimum atomic E-state index is -1.06. The first kappa shape index (κ1) is 27.1. The van der Waals surface area contributed by atoms with Crippen molar-refractivity contribution in [1.82, 2.24) is 9.88 Å². The van der Waals surface area contributed by atoms with Crippen molar-refractivity contribution < 1.29 is 33.6 Å². The topological polar surface area (TPSA) is 107 Å². The average Bonchev–Trinajstić information content (AvgIpc) is 3.16. The molecular formula is C27H24Cl2N2O7. The molecule has 0 aliphatic carbocycles. The fraction of sp³-hybridized carbons (Fsp3) is 0.222. The van der Waals surface area contributed by atoms with Gasteiger partial charge in [0.2, 0.25) is 5.75 Å². The third kappa shape index (κ3) is 4.82. The zero-order chi connectivity index (χ0) is 27.6. The van der Waals surface area contributed by atoms with Crippen molar-refractivity contribution >= 4 is 40.7 Å². The molecule has 1 aromatic heterocycles. The van der Waals surface area contributed by atoms with E-state index >= 15 is 0 Å². The minimum Gasteiger partial charge on any atom is -0.507 e. The molecule has 11 heteroatoms. The molecule has 0 radical (unpaired) electrons. The van der Waals surface area contributed by atoms with Crippen molar-refractivity contribution in [2.75, 3.05) is 28.4 Å². The van der Waals surface area contributed by atoms with Crippen molar-refractivity contribution in [2.24, 2.45) is 0 Å². The summed E-state index contributed by atoms with van der Waals surface area (Å²) in [5, 5.41) is 11.8. The third-order valence-electron chi connectivity index (χ3n) is 6.07. The van der Waals surface area contributed by atoms with E-state index in [1.807, 2.05) is 0 Å². The van der Waals surface area contributed by atoms with Gasteiger partial charge in [-0.15, -0.1) is 0 Å². The van der Waals surface area contributed by atoms with Crippen LogP contribution in [-0.2, 0) is 16.1 Å². The van der Waals surface area contributed by atoms with E-state index in [9.17, 15) is 14.7 Å². The Hall–Kier alpha value is -3.95. The number of rotatable bonds is 8. The van der Waals surface area contributed by atoms with Crippen LogP contribution in [0.15, 0.2) is 54.2 Å². The number of nitrogens with zero attached hydrogens (tertiary/aromatic N) is 2. The lowest BCUT2D eigenvalue weighted by Gasteiger charge is -2.26. The van der Waals surface area contributed by atoms with E-state index in [1.54, 1.807) is 36.5 Å². The fourth-order valence-electron chi connectivity index (χ4n) is 4.40. The summed E-state index contributed by atoms with van der Waals surface area (Å²) < 4.78 is 21.8. The molecule has 1 amide bonds. The van der Waals surface area contributed by atoms with Crippen molar-refractivity contribution in [3.8, 4) is 23.0 Å². The second kappa shape index (κ2) is 11.2. The summed E-state index contributed by atoms with van der Waals surface area (Å²) in [6, 6.07) is 10.2. The van der Waals surface area contributed by atoms with Crippen LogP contribution in [0.4, 0.5) is 0 Å². The summed E-state index contributed by atoms with van der Waals surface area (Å²) >= 11 is 12.5. The van der Waals surface area contributed by atoms with Crippen LogP contribution in [0.2, 0.25) is 10.0 Å². The van der Waals surface area contributed by atoms with E-state index in [-0.39, 0.29) is 33.5 Å². The molecule has 1 fully saturated rings. The number of carbonyl (C=O) groups excluding carboxylic acids is 2. The Kier molecular flexibility index (Phi) is 7.99. The maximum Gasteiger partial charge on any atom is 0.296 e. The zero-order valence-corrected chi connectivity index (χ0v) is 22.5. The minimum absolute atomic E-state index is 0.0169. The molecule has 2 heterocycles. The number of carbonyl (C=O) groups is 2. The van der Waals surface area contributed by atoms with Gasteiger partial charge < -0.3 is 29.0 Å². The number of halogens is 2. The number of benzene rings is 2. The number of pyridine rings is 1. The number of ketones is 1. The van der Waals surface area contributed by atoms with Crippen LogP contribution in [0.25, 0.3) is 5.76 Å². The highest BCUT2D eigenvalue weighted by molar-refractivity contribution is 6.46. The molecule has 1 aliphatic rings. The normalized spacial score (nSPS) is 16.5. The van der Waals surface area contributed by atoms with Crippen LogP contribution < -0.4 is 18.9 Å². The molecule has 1 aliphatic heterocycles. The molecule has 1 unspecified atom stereocenters. The van der Waals surface area contributed by atoms with Gasteiger partial charge in [0, 0.05) is 11.2 Å². The van der Waals surface area contributed by atoms with Gasteiger partial charge in [0.25, 0.3) is 11.7 Å². The quantitative estimate of drug-likeness (QED) is 0.232. The second-order valence-electron chi connectivity index (χ2n) is 8.18. The van der Waals surface area contributed by atoms with Crippen LogP contribution in [0.1, 0.15) is 22.9 Å². The van der Waals surface area contributed by atoms with Gasteiger partial charge in [-0.2, -0.15) is 0 Å². The van der Waals surface area contributed by atoms with Crippen molar-refractivity contribution in [1.29, 1.82) is 0 Å². The number of hydrogen-bond acceptors (Lipinski definition) is 8. The number of likely N-dealkylation sites (tertiary alicyclic amines) is 1. The highest BCUT2D eigenvalue weighted by Gasteiger charge is 2.47. The Balaban J connectivity index is 2.01. The summed E-state index contributed by atoms with van der Waals surface area (Å²) in [7, 11) is 5.72. The second-order valence-corrected chi connectivity index (χ2v) is 9.02. The van der Waals surface area contributed by atoms with Crippen LogP contribution in [0.5, 0.6) is 23.0 Å². The lowest BCUT2D eigenvalue weighted by Crippen LogP contribution is -2.29. The molecule has 1 N–H and O–H groups in total. The summed E-state index contributed by atoms with van der Waals surface area (Å²) in [6.07, 6.45) is 1.58. The predicted octanol–water partition coefficient (Wildman–Crippen LogP) is 5.04. The molecule has 1 atom stereocenters. The first-order valence-corrected chi connectivity index (χ1v) is 12.0.